The lowest BCUT2D eigenvalue weighted by molar-refractivity contribution is 0.804. The van der Waals surface area contributed by atoms with Crippen LogP contribution in [0.2, 0.25) is 5.02 Å². The van der Waals surface area contributed by atoms with Crippen molar-refractivity contribution in [1.29, 1.82) is 5.26 Å². The summed E-state index contributed by atoms with van der Waals surface area (Å²) in [6.45, 7) is 2.77. The van der Waals surface area contributed by atoms with Crippen molar-refractivity contribution in [3.8, 4) is 6.07 Å². The van der Waals surface area contributed by atoms with Gasteiger partial charge in [0.2, 0.25) is 0 Å². The van der Waals surface area contributed by atoms with E-state index in [9.17, 15) is 5.26 Å². The Hall–Kier alpha value is -3.04. The molecule has 0 radical (unpaired) electrons. The minimum absolute atomic E-state index is 0.618. The maximum absolute atomic E-state index is 9.88. The quantitative estimate of drug-likeness (QED) is 0.193. The predicted molar refractivity (Wildman–Crippen MR) is 136 cm³/mol. The van der Waals surface area contributed by atoms with Gasteiger partial charge in [0.05, 0.1) is 15.1 Å². The molecule has 0 saturated heterocycles. The third-order valence-electron chi connectivity index (χ3n) is 5.42. The second kappa shape index (κ2) is 8.84. The van der Waals surface area contributed by atoms with Crippen molar-refractivity contribution in [1.82, 2.24) is 9.55 Å². The largest absolute Gasteiger partial charge is 0.340 e. The van der Waals surface area contributed by atoms with E-state index in [4.69, 9.17) is 11.6 Å². The van der Waals surface area contributed by atoms with Crippen LogP contribution in [-0.4, -0.2) is 9.55 Å². The molecule has 0 fully saturated rings. The van der Waals surface area contributed by atoms with Crippen molar-refractivity contribution in [3.63, 3.8) is 0 Å². The first-order valence-corrected chi connectivity index (χ1v) is 12.1. The molecule has 3 aromatic carbocycles. The average Bonchev–Trinajstić information content (AvgIpc) is 3.34. The summed E-state index contributed by atoms with van der Waals surface area (Å²) in [5.41, 5.74) is 5.31. The number of halogens is 1. The summed E-state index contributed by atoms with van der Waals surface area (Å²) in [6, 6.07) is 26.6. The van der Waals surface area contributed by atoms with Crippen LogP contribution in [0.1, 0.15) is 16.8 Å². The van der Waals surface area contributed by atoms with Crippen LogP contribution in [-0.2, 0) is 6.54 Å². The van der Waals surface area contributed by atoms with Gasteiger partial charge >= 0.3 is 0 Å². The zero-order valence-corrected chi connectivity index (χ0v) is 19.6. The van der Waals surface area contributed by atoms with Gasteiger partial charge < -0.3 is 4.57 Å². The molecule has 0 N–H and O–H groups in total. The van der Waals surface area contributed by atoms with Gasteiger partial charge in [0.1, 0.15) is 6.07 Å². The topological polar surface area (TPSA) is 41.6 Å². The van der Waals surface area contributed by atoms with Crippen molar-refractivity contribution in [2.45, 2.75) is 17.8 Å². The van der Waals surface area contributed by atoms with Crippen LogP contribution in [0.3, 0.4) is 0 Å². The van der Waals surface area contributed by atoms with Gasteiger partial charge in [0, 0.05) is 33.7 Å². The number of rotatable bonds is 5. The van der Waals surface area contributed by atoms with Gasteiger partial charge in [-0.1, -0.05) is 60.1 Å². The highest BCUT2D eigenvalue weighted by Crippen LogP contribution is 2.36. The van der Waals surface area contributed by atoms with Gasteiger partial charge in [-0.05, 0) is 54.6 Å². The summed E-state index contributed by atoms with van der Waals surface area (Å²) in [5, 5.41) is 11.8. The van der Waals surface area contributed by atoms with E-state index in [0.717, 1.165) is 47.3 Å². The number of aromatic nitrogens is 2. The molecule has 5 rings (SSSR count). The molecule has 0 saturated carbocycles. The van der Waals surface area contributed by atoms with E-state index in [0.29, 0.717) is 11.4 Å². The molecule has 156 valence electrons. The Morgan fingerprint density at radius 3 is 2.66 bits per heavy atom. The van der Waals surface area contributed by atoms with E-state index < -0.39 is 0 Å². The zero-order chi connectivity index (χ0) is 22.1. The lowest BCUT2D eigenvalue weighted by atomic mass is 10.1. The van der Waals surface area contributed by atoms with E-state index in [1.807, 2.05) is 54.6 Å². The van der Waals surface area contributed by atoms with Gasteiger partial charge in [-0.3, -0.25) is 0 Å². The Labute approximate surface area is 199 Å². The summed E-state index contributed by atoms with van der Waals surface area (Å²) in [6.07, 6.45) is 1.98. The molecule has 0 bridgehead atoms. The molecule has 5 aromatic rings. The van der Waals surface area contributed by atoms with E-state index in [2.05, 4.69) is 46.8 Å². The number of allylic oxidation sites excluding steroid dienone is 1. The molecule has 2 aromatic heterocycles. The van der Waals surface area contributed by atoms with Crippen LogP contribution < -0.4 is 0 Å². The number of thiazole rings is 1. The molecule has 32 heavy (non-hydrogen) atoms. The molecule has 0 atom stereocenters. The Bertz CT molecular complexity index is 1490. The van der Waals surface area contributed by atoms with E-state index in [1.165, 1.54) is 11.8 Å². The number of nitriles is 1. The minimum Gasteiger partial charge on any atom is -0.340 e. The fraction of sp³-hybridized carbons (Fsp3) is 0.0769. The molecule has 3 nitrogen and oxygen atoms in total. The van der Waals surface area contributed by atoms with Crippen LogP contribution in [0, 0.1) is 18.3 Å². The molecular weight excluding hydrogens is 454 g/mol. The highest BCUT2D eigenvalue weighted by atomic mass is 35.5. The standard InChI is InChI=1S/C26H18ClN3S2/c1-17-21(14-19(15-28)31-26-29-23-11-5-7-13-25(23)32-26)20-9-3-6-12-24(20)30(17)16-18-8-2-4-10-22(18)27/h2-14H,16H2,1H3. The normalized spacial score (nSPS) is 11.8. The lowest BCUT2D eigenvalue weighted by Gasteiger charge is -2.10. The highest BCUT2D eigenvalue weighted by Gasteiger charge is 2.15. The Morgan fingerprint density at radius 2 is 1.84 bits per heavy atom. The van der Waals surface area contributed by atoms with Crippen molar-refractivity contribution < 1.29 is 0 Å². The van der Waals surface area contributed by atoms with Crippen molar-refractivity contribution in [2.24, 2.45) is 0 Å². The first-order chi connectivity index (χ1) is 15.6. The van der Waals surface area contributed by atoms with E-state index in [-0.39, 0.29) is 0 Å². The molecule has 0 aliphatic rings. The molecule has 2 heterocycles. The molecule has 0 aliphatic heterocycles. The van der Waals surface area contributed by atoms with Gasteiger partial charge in [0.15, 0.2) is 4.34 Å². The Morgan fingerprint density at radius 1 is 1.09 bits per heavy atom. The third-order valence-corrected chi connectivity index (χ3v) is 7.82. The first-order valence-electron chi connectivity index (χ1n) is 10.1. The second-order valence-corrected chi connectivity index (χ2v) is 10.1. The average molecular weight is 472 g/mol. The van der Waals surface area contributed by atoms with Crippen LogP contribution in [0.15, 0.2) is 82.0 Å². The molecule has 0 unspecified atom stereocenters. The minimum atomic E-state index is 0.618. The van der Waals surface area contributed by atoms with Gasteiger partial charge in [-0.2, -0.15) is 5.26 Å². The summed E-state index contributed by atoms with van der Waals surface area (Å²) >= 11 is 9.46. The van der Waals surface area contributed by atoms with Crippen LogP contribution in [0.5, 0.6) is 0 Å². The first kappa shape index (κ1) is 20.8. The number of para-hydroxylation sites is 2. The highest BCUT2D eigenvalue weighted by molar-refractivity contribution is 8.05. The lowest BCUT2D eigenvalue weighted by Crippen LogP contribution is -2.02. The number of benzene rings is 3. The summed E-state index contributed by atoms with van der Waals surface area (Å²) in [7, 11) is 0. The Balaban J connectivity index is 1.57. The molecule has 6 heteroatoms. The van der Waals surface area contributed by atoms with Crippen LogP contribution in [0.25, 0.3) is 27.2 Å². The number of thioether (sulfide) groups is 1. The summed E-state index contributed by atoms with van der Waals surface area (Å²) < 4.78 is 4.26. The zero-order valence-electron chi connectivity index (χ0n) is 17.2. The van der Waals surface area contributed by atoms with Gasteiger partial charge in [-0.15, -0.1) is 11.3 Å². The summed E-state index contributed by atoms with van der Waals surface area (Å²) in [5.74, 6) is 0. The monoisotopic (exact) mass is 471 g/mol. The molecule has 0 aliphatic carbocycles. The maximum Gasteiger partial charge on any atom is 0.156 e. The van der Waals surface area contributed by atoms with Crippen molar-refractivity contribution in [2.75, 3.05) is 0 Å². The fourth-order valence-electron chi connectivity index (χ4n) is 3.85. The fourth-order valence-corrected chi connectivity index (χ4v) is 6.00. The Kier molecular flexibility index (Phi) is 5.75. The number of hydrogen-bond acceptors (Lipinski definition) is 4. The second-order valence-electron chi connectivity index (χ2n) is 7.36. The number of hydrogen-bond donors (Lipinski definition) is 0. The smallest absolute Gasteiger partial charge is 0.156 e. The van der Waals surface area contributed by atoms with E-state index in [1.54, 1.807) is 11.3 Å². The van der Waals surface area contributed by atoms with Crippen LogP contribution >= 0.6 is 34.7 Å². The van der Waals surface area contributed by atoms with Gasteiger partial charge in [-0.25, -0.2) is 4.98 Å². The van der Waals surface area contributed by atoms with Crippen molar-refractivity contribution >= 4 is 61.9 Å². The SMILES string of the molecule is Cc1c(C=C(C#N)Sc2nc3ccccc3s2)c2ccccc2n1Cc1ccccc1Cl. The van der Waals surface area contributed by atoms with Gasteiger partial charge in [0.25, 0.3) is 0 Å². The maximum atomic E-state index is 9.88. The summed E-state index contributed by atoms with van der Waals surface area (Å²) in [4.78, 5) is 5.29. The molecular formula is C26H18ClN3S2. The predicted octanol–water partition coefficient (Wildman–Crippen LogP) is 7.92. The number of fused-ring (bicyclic) bond motifs is 2. The molecule has 0 amide bonds. The van der Waals surface area contributed by atoms with Crippen LogP contribution in [0.4, 0.5) is 0 Å². The third kappa shape index (κ3) is 3.93. The number of nitrogens with zero attached hydrogens (tertiary/aromatic N) is 3. The van der Waals surface area contributed by atoms with E-state index >= 15 is 0 Å². The molecule has 0 spiro atoms. The van der Waals surface area contributed by atoms with Crippen molar-refractivity contribution in [3.05, 3.63) is 99.5 Å².